The highest BCUT2D eigenvalue weighted by atomic mass is 32.1. The third-order valence-corrected chi connectivity index (χ3v) is 3.84. The molecule has 1 heterocycles. The first-order valence-electron chi connectivity index (χ1n) is 4.59. The molecule has 2 N–H and O–H groups in total. The first kappa shape index (κ1) is 8.27. The van der Waals surface area contributed by atoms with Crippen LogP contribution in [0.25, 0.3) is 0 Å². The number of fused-ring (bicyclic) bond motifs is 1. The van der Waals surface area contributed by atoms with E-state index in [-0.39, 0.29) is 0 Å². The molecule has 0 saturated heterocycles. The number of hydrogen-bond acceptors (Lipinski definition) is 2. The minimum atomic E-state index is 0.721. The second kappa shape index (κ2) is 3.19. The van der Waals surface area contributed by atoms with Crippen LogP contribution in [0.3, 0.4) is 0 Å². The summed E-state index contributed by atoms with van der Waals surface area (Å²) in [5.74, 6) is 0.859. The van der Waals surface area contributed by atoms with Crippen LogP contribution in [-0.4, -0.2) is 0 Å². The number of rotatable bonds is 1. The number of aryl methyl sites for hydroxylation is 1. The zero-order chi connectivity index (χ0) is 8.55. The van der Waals surface area contributed by atoms with Crippen molar-refractivity contribution in [2.75, 3.05) is 0 Å². The van der Waals surface area contributed by atoms with Crippen LogP contribution in [0.1, 0.15) is 29.3 Å². The first-order valence-corrected chi connectivity index (χ1v) is 5.47. The SMILES string of the molecule is CC1CCc2scc(CN)c2C1. The smallest absolute Gasteiger partial charge is 0.0189 e. The summed E-state index contributed by atoms with van der Waals surface area (Å²) < 4.78 is 0. The minimum absolute atomic E-state index is 0.721. The molecule has 1 atom stereocenters. The van der Waals surface area contributed by atoms with Crippen LogP contribution < -0.4 is 5.73 Å². The van der Waals surface area contributed by atoms with Crippen LogP contribution in [0.15, 0.2) is 5.38 Å². The van der Waals surface area contributed by atoms with E-state index in [0.717, 1.165) is 12.5 Å². The van der Waals surface area contributed by atoms with Crippen molar-refractivity contribution < 1.29 is 0 Å². The van der Waals surface area contributed by atoms with E-state index < -0.39 is 0 Å². The van der Waals surface area contributed by atoms with Gasteiger partial charge < -0.3 is 5.73 Å². The Bertz CT molecular complexity index is 264. The highest BCUT2D eigenvalue weighted by molar-refractivity contribution is 7.10. The minimum Gasteiger partial charge on any atom is -0.326 e. The van der Waals surface area contributed by atoms with Gasteiger partial charge in [-0.05, 0) is 41.7 Å². The van der Waals surface area contributed by atoms with Gasteiger partial charge in [0.25, 0.3) is 0 Å². The maximum Gasteiger partial charge on any atom is 0.0189 e. The molecule has 0 aliphatic heterocycles. The van der Waals surface area contributed by atoms with E-state index in [4.69, 9.17) is 5.73 Å². The molecule has 0 bridgehead atoms. The van der Waals surface area contributed by atoms with Crippen molar-refractivity contribution >= 4 is 11.3 Å². The molecule has 0 aromatic carbocycles. The fourth-order valence-corrected chi connectivity index (χ4v) is 3.03. The summed E-state index contributed by atoms with van der Waals surface area (Å²) in [6.07, 6.45) is 3.89. The Morgan fingerprint density at radius 3 is 3.25 bits per heavy atom. The van der Waals surface area contributed by atoms with E-state index in [9.17, 15) is 0 Å². The van der Waals surface area contributed by atoms with Crippen LogP contribution in [0, 0.1) is 5.92 Å². The molecule has 2 rings (SSSR count). The molecule has 1 unspecified atom stereocenters. The maximum atomic E-state index is 5.67. The third-order valence-electron chi connectivity index (χ3n) is 2.70. The van der Waals surface area contributed by atoms with E-state index in [1.54, 1.807) is 10.4 Å². The lowest BCUT2D eigenvalue weighted by molar-refractivity contribution is 0.504. The van der Waals surface area contributed by atoms with Gasteiger partial charge in [-0.1, -0.05) is 6.92 Å². The Balaban J connectivity index is 2.34. The van der Waals surface area contributed by atoms with E-state index in [2.05, 4.69) is 12.3 Å². The largest absolute Gasteiger partial charge is 0.326 e. The van der Waals surface area contributed by atoms with E-state index in [0.29, 0.717) is 0 Å². The molecule has 0 saturated carbocycles. The topological polar surface area (TPSA) is 26.0 Å². The molecule has 1 aliphatic carbocycles. The molecule has 12 heavy (non-hydrogen) atoms. The summed E-state index contributed by atoms with van der Waals surface area (Å²) in [6, 6.07) is 0. The van der Waals surface area contributed by atoms with Gasteiger partial charge in [0.1, 0.15) is 0 Å². The van der Waals surface area contributed by atoms with Gasteiger partial charge in [-0.25, -0.2) is 0 Å². The Morgan fingerprint density at radius 2 is 2.50 bits per heavy atom. The maximum absolute atomic E-state index is 5.67. The Morgan fingerprint density at radius 1 is 1.67 bits per heavy atom. The van der Waals surface area contributed by atoms with Gasteiger partial charge in [0.15, 0.2) is 0 Å². The van der Waals surface area contributed by atoms with Crippen LogP contribution in [0.4, 0.5) is 0 Å². The molecule has 66 valence electrons. The zero-order valence-corrected chi connectivity index (χ0v) is 8.29. The molecule has 2 heteroatoms. The molecule has 1 aromatic rings. The molecule has 0 spiro atoms. The monoisotopic (exact) mass is 181 g/mol. The van der Waals surface area contributed by atoms with Crippen LogP contribution in [0.2, 0.25) is 0 Å². The van der Waals surface area contributed by atoms with Crippen molar-refractivity contribution in [3.05, 3.63) is 21.4 Å². The van der Waals surface area contributed by atoms with Crippen molar-refractivity contribution in [3.8, 4) is 0 Å². The zero-order valence-electron chi connectivity index (χ0n) is 7.47. The Kier molecular flexibility index (Phi) is 2.20. The number of thiophene rings is 1. The van der Waals surface area contributed by atoms with E-state index >= 15 is 0 Å². The van der Waals surface area contributed by atoms with E-state index in [1.165, 1.54) is 24.8 Å². The standard InChI is InChI=1S/C10H15NS/c1-7-2-3-10-9(4-7)8(5-11)6-12-10/h6-7H,2-5,11H2,1H3. The van der Waals surface area contributed by atoms with Gasteiger partial charge in [0.2, 0.25) is 0 Å². The first-order chi connectivity index (χ1) is 5.81. The summed E-state index contributed by atoms with van der Waals surface area (Å²) in [6.45, 7) is 3.06. The van der Waals surface area contributed by atoms with Gasteiger partial charge in [-0.15, -0.1) is 11.3 Å². The Hall–Kier alpha value is -0.340. The van der Waals surface area contributed by atoms with Crippen LogP contribution >= 0.6 is 11.3 Å². The second-order valence-electron chi connectivity index (χ2n) is 3.71. The molecule has 0 radical (unpaired) electrons. The second-order valence-corrected chi connectivity index (χ2v) is 4.68. The van der Waals surface area contributed by atoms with E-state index in [1.807, 2.05) is 11.3 Å². The average molecular weight is 181 g/mol. The summed E-state index contributed by atoms with van der Waals surface area (Å²) in [5, 5.41) is 2.24. The fraction of sp³-hybridized carbons (Fsp3) is 0.600. The predicted octanol–water partition coefficient (Wildman–Crippen LogP) is 2.33. The van der Waals surface area contributed by atoms with Crippen LogP contribution in [-0.2, 0) is 19.4 Å². The van der Waals surface area contributed by atoms with Crippen molar-refractivity contribution in [3.63, 3.8) is 0 Å². The predicted molar refractivity (Wildman–Crippen MR) is 53.4 cm³/mol. The molecule has 1 aliphatic rings. The molecule has 0 fully saturated rings. The number of hydrogen-bond donors (Lipinski definition) is 1. The molecular formula is C10H15NS. The highest BCUT2D eigenvalue weighted by Crippen LogP contribution is 2.32. The normalized spacial score (nSPS) is 22.3. The lowest BCUT2D eigenvalue weighted by atomic mass is 9.88. The van der Waals surface area contributed by atoms with Crippen LogP contribution in [0.5, 0.6) is 0 Å². The quantitative estimate of drug-likeness (QED) is 0.707. The highest BCUT2D eigenvalue weighted by Gasteiger charge is 2.18. The van der Waals surface area contributed by atoms with Gasteiger partial charge in [-0.2, -0.15) is 0 Å². The van der Waals surface area contributed by atoms with Gasteiger partial charge >= 0.3 is 0 Å². The summed E-state index contributed by atoms with van der Waals surface area (Å²) >= 11 is 1.90. The lowest BCUT2D eigenvalue weighted by Gasteiger charge is -2.18. The summed E-state index contributed by atoms with van der Waals surface area (Å²) in [7, 11) is 0. The Labute approximate surface area is 77.6 Å². The van der Waals surface area contributed by atoms with Gasteiger partial charge in [-0.3, -0.25) is 0 Å². The lowest BCUT2D eigenvalue weighted by Crippen LogP contribution is -2.11. The van der Waals surface area contributed by atoms with Gasteiger partial charge in [0.05, 0.1) is 0 Å². The van der Waals surface area contributed by atoms with Crippen molar-refractivity contribution in [2.24, 2.45) is 11.7 Å². The van der Waals surface area contributed by atoms with Gasteiger partial charge in [0, 0.05) is 11.4 Å². The molecule has 0 amide bonds. The molecular weight excluding hydrogens is 166 g/mol. The average Bonchev–Trinajstić information content (AvgIpc) is 2.46. The summed E-state index contributed by atoms with van der Waals surface area (Å²) in [5.41, 5.74) is 8.63. The number of nitrogens with two attached hydrogens (primary N) is 1. The van der Waals surface area contributed by atoms with Crippen molar-refractivity contribution in [1.29, 1.82) is 0 Å². The van der Waals surface area contributed by atoms with Crippen molar-refractivity contribution in [1.82, 2.24) is 0 Å². The summed E-state index contributed by atoms with van der Waals surface area (Å²) in [4.78, 5) is 1.59. The molecule has 1 nitrogen and oxygen atoms in total. The van der Waals surface area contributed by atoms with Crippen molar-refractivity contribution in [2.45, 2.75) is 32.7 Å². The fourth-order valence-electron chi connectivity index (χ4n) is 1.92. The third kappa shape index (κ3) is 1.29. The molecule has 1 aromatic heterocycles.